The van der Waals surface area contributed by atoms with Gasteiger partial charge < -0.3 is 14.8 Å². The van der Waals surface area contributed by atoms with Gasteiger partial charge in [0.15, 0.2) is 0 Å². The maximum absolute atomic E-state index is 10.5. The Morgan fingerprint density at radius 2 is 1.42 bits per heavy atom. The molecule has 7 nitrogen and oxygen atoms in total. The molecule has 0 aliphatic rings. The fourth-order valence-electron chi connectivity index (χ4n) is 1.75. The van der Waals surface area contributed by atoms with Gasteiger partial charge in [-0.15, -0.1) is 0 Å². The van der Waals surface area contributed by atoms with Crippen molar-refractivity contribution in [2.45, 2.75) is 0 Å². The molecular formula is C15H17N4NaO3S. The number of benzene rings is 2. The third-order valence-corrected chi connectivity index (χ3v) is 3.47. The van der Waals surface area contributed by atoms with E-state index >= 15 is 0 Å². The van der Waals surface area contributed by atoms with E-state index in [1.807, 2.05) is 43.3 Å². The molecule has 0 aliphatic heterocycles. The molecule has 9 heteroatoms. The molecule has 2 rings (SSSR count). The van der Waals surface area contributed by atoms with Gasteiger partial charge in [-0.05, 0) is 48.5 Å². The van der Waals surface area contributed by atoms with E-state index in [0.29, 0.717) is 11.4 Å². The van der Waals surface area contributed by atoms with Crippen molar-refractivity contribution >= 4 is 32.9 Å². The van der Waals surface area contributed by atoms with E-state index in [9.17, 15) is 13.0 Å². The van der Waals surface area contributed by atoms with Crippen LogP contribution in [0.2, 0.25) is 0 Å². The van der Waals surface area contributed by atoms with Crippen molar-refractivity contribution in [3.05, 3.63) is 48.5 Å². The number of rotatable bonds is 6. The summed E-state index contributed by atoms with van der Waals surface area (Å²) >= 11 is 0. The average molecular weight is 356 g/mol. The fourth-order valence-corrected chi connectivity index (χ4v) is 2.09. The molecule has 0 atom stereocenters. The van der Waals surface area contributed by atoms with E-state index in [0.717, 1.165) is 11.4 Å². The summed E-state index contributed by atoms with van der Waals surface area (Å²) in [5.41, 5.74) is 2.96. The molecule has 0 saturated heterocycles. The number of nitrogens with zero attached hydrogens (tertiary/aromatic N) is 3. The normalized spacial score (nSPS) is 11.1. The van der Waals surface area contributed by atoms with Gasteiger partial charge in [0, 0.05) is 25.5 Å². The first-order valence-corrected chi connectivity index (χ1v) is 8.38. The Morgan fingerprint density at radius 3 is 1.83 bits per heavy atom. The van der Waals surface area contributed by atoms with E-state index in [2.05, 4.69) is 15.5 Å². The Morgan fingerprint density at radius 1 is 0.958 bits per heavy atom. The van der Waals surface area contributed by atoms with Crippen LogP contribution in [0.25, 0.3) is 0 Å². The molecule has 2 aromatic carbocycles. The van der Waals surface area contributed by atoms with Gasteiger partial charge in [-0.3, -0.25) is 0 Å². The number of anilines is 2. The molecule has 0 saturated carbocycles. The molecule has 0 aromatic heterocycles. The quantitative estimate of drug-likeness (QED) is 0.449. The van der Waals surface area contributed by atoms with Gasteiger partial charge in [-0.25, -0.2) is 8.42 Å². The van der Waals surface area contributed by atoms with Crippen LogP contribution in [-0.2, 0) is 10.1 Å². The Bertz CT molecular complexity index is 775. The molecule has 0 unspecified atom stereocenters. The van der Waals surface area contributed by atoms with Gasteiger partial charge >= 0.3 is 29.6 Å². The Kier molecular flexibility index (Phi) is 7.85. The van der Waals surface area contributed by atoms with Crippen molar-refractivity contribution < 1.29 is 42.5 Å². The van der Waals surface area contributed by atoms with Crippen LogP contribution in [-0.4, -0.2) is 32.9 Å². The summed E-state index contributed by atoms with van der Waals surface area (Å²) < 4.78 is 31.6. The zero-order valence-corrected chi connectivity index (χ0v) is 16.6. The minimum atomic E-state index is -4.29. The molecule has 0 fully saturated rings. The monoisotopic (exact) mass is 356 g/mol. The van der Waals surface area contributed by atoms with Crippen LogP contribution in [0, 0.1) is 0 Å². The largest absolute Gasteiger partial charge is 1.00 e. The van der Waals surface area contributed by atoms with Crippen molar-refractivity contribution in [3.63, 3.8) is 0 Å². The van der Waals surface area contributed by atoms with Gasteiger partial charge in [0.05, 0.1) is 11.4 Å². The number of hydrogen-bond acceptors (Lipinski definition) is 7. The zero-order chi connectivity index (χ0) is 16.9. The maximum atomic E-state index is 10.5. The topological polar surface area (TPSA) is 97.2 Å². The minimum absolute atomic E-state index is 0. The number of azo groups is 1. The predicted molar refractivity (Wildman–Crippen MR) is 89.6 cm³/mol. The molecule has 2 aromatic rings. The second-order valence-corrected chi connectivity index (χ2v) is 6.44. The van der Waals surface area contributed by atoms with Gasteiger partial charge in [0.25, 0.3) is 0 Å². The molecule has 24 heavy (non-hydrogen) atoms. The van der Waals surface area contributed by atoms with Crippen molar-refractivity contribution in [2.24, 2.45) is 10.2 Å². The van der Waals surface area contributed by atoms with Gasteiger partial charge in [-0.2, -0.15) is 10.2 Å². The van der Waals surface area contributed by atoms with Crippen LogP contribution in [0.3, 0.4) is 0 Å². The SMILES string of the molecule is CN(C)c1ccc(N=Nc2ccc(NCS(=O)(=O)[O-])cc2)cc1.[Na+]. The first kappa shape index (κ1) is 20.6. The molecule has 0 aliphatic carbocycles. The second kappa shape index (κ2) is 9.14. The summed E-state index contributed by atoms with van der Waals surface area (Å²) in [6.45, 7) is 0. The first-order chi connectivity index (χ1) is 10.8. The van der Waals surface area contributed by atoms with Crippen LogP contribution in [0.1, 0.15) is 0 Å². The van der Waals surface area contributed by atoms with Crippen LogP contribution >= 0.6 is 0 Å². The van der Waals surface area contributed by atoms with Gasteiger partial charge in [0.2, 0.25) is 0 Å². The molecule has 0 heterocycles. The predicted octanol–water partition coefficient (Wildman–Crippen LogP) is 0.0866. The number of nitrogens with one attached hydrogen (secondary N) is 1. The third kappa shape index (κ3) is 6.98. The van der Waals surface area contributed by atoms with E-state index < -0.39 is 16.0 Å². The molecule has 0 spiro atoms. The third-order valence-electron chi connectivity index (χ3n) is 2.97. The van der Waals surface area contributed by atoms with Crippen molar-refractivity contribution in [1.82, 2.24) is 0 Å². The van der Waals surface area contributed by atoms with Crippen LogP contribution < -0.4 is 39.8 Å². The standard InChI is InChI=1S/C15H18N4O3S.Na/c1-19(2)15-9-7-14(8-10-15)18-17-13-5-3-12(4-6-13)16-11-23(20,21)22;/h3-10,16H,11H2,1-2H3,(H,20,21,22);/q;+1/p-1. The Balaban J connectivity index is 0.00000288. The van der Waals surface area contributed by atoms with Crippen LogP contribution in [0.15, 0.2) is 58.8 Å². The Labute approximate surface area is 163 Å². The maximum Gasteiger partial charge on any atom is 1.00 e. The number of hydrogen-bond donors (Lipinski definition) is 1. The molecule has 0 radical (unpaired) electrons. The summed E-state index contributed by atoms with van der Waals surface area (Å²) in [5.74, 6) is -0.647. The fraction of sp³-hybridized carbons (Fsp3) is 0.200. The average Bonchev–Trinajstić information content (AvgIpc) is 2.51. The van der Waals surface area contributed by atoms with Crippen molar-refractivity contribution in [1.29, 1.82) is 0 Å². The van der Waals surface area contributed by atoms with Crippen LogP contribution in [0.4, 0.5) is 22.7 Å². The smallest absolute Gasteiger partial charge is 0.747 e. The van der Waals surface area contributed by atoms with Crippen molar-refractivity contribution in [2.75, 3.05) is 30.2 Å². The van der Waals surface area contributed by atoms with E-state index in [4.69, 9.17) is 0 Å². The molecular weight excluding hydrogens is 339 g/mol. The Hall–Kier alpha value is -1.45. The summed E-state index contributed by atoms with van der Waals surface area (Å²) in [6, 6.07) is 14.3. The van der Waals surface area contributed by atoms with E-state index in [1.165, 1.54) is 0 Å². The minimum Gasteiger partial charge on any atom is -0.747 e. The van der Waals surface area contributed by atoms with Gasteiger partial charge in [-0.1, -0.05) is 0 Å². The second-order valence-electron chi connectivity index (χ2n) is 5.04. The van der Waals surface area contributed by atoms with E-state index in [-0.39, 0.29) is 29.6 Å². The summed E-state index contributed by atoms with van der Waals surface area (Å²) in [6.07, 6.45) is 0. The summed E-state index contributed by atoms with van der Waals surface area (Å²) in [7, 11) is -0.370. The molecule has 1 N–H and O–H groups in total. The summed E-state index contributed by atoms with van der Waals surface area (Å²) in [5, 5.41) is 10.8. The van der Waals surface area contributed by atoms with Gasteiger partial charge in [0.1, 0.15) is 16.0 Å². The molecule has 0 bridgehead atoms. The van der Waals surface area contributed by atoms with E-state index in [1.54, 1.807) is 24.3 Å². The van der Waals surface area contributed by atoms with Crippen LogP contribution in [0.5, 0.6) is 0 Å². The molecule has 0 amide bonds. The summed E-state index contributed by atoms with van der Waals surface area (Å²) in [4.78, 5) is 1.99. The first-order valence-electron chi connectivity index (χ1n) is 6.80. The van der Waals surface area contributed by atoms with Crippen molar-refractivity contribution in [3.8, 4) is 0 Å². The zero-order valence-electron chi connectivity index (χ0n) is 13.8. The molecule has 122 valence electrons.